The van der Waals surface area contributed by atoms with Crippen LogP contribution in [0.15, 0.2) is 24.3 Å². The zero-order valence-corrected chi connectivity index (χ0v) is 10.2. The molecule has 0 fully saturated rings. The van der Waals surface area contributed by atoms with Crippen LogP contribution in [0.2, 0.25) is 0 Å². The molecule has 0 bridgehead atoms. The van der Waals surface area contributed by atoms with Crippen molar-refractivity contribution < 1.29 is 22.8 Å². The fourth-order valence-electron chi connectivity index (χ4n) is 1.91. The lowest BCUT2D eigenvalue weighted by Gasteiger charge is -2.07. The number of fused-ring (bicyclic) bond motifs is 1. The van der Waals surface area contributed by atoms with E-state index in [9.17, 15) is 22.8 Å². The van der Waals surface area contributed by atoms with E-state index < -0.39 is 35.2 Å². The van der Waals surface area contributed by atoms with Gasteiger partial charge in [-0.3, -0.25) is 14.9 Å². The van der Waals surface area contributed by atoms with Crippen LogP contribution in [-0.2, 0) is 0 Å². The highest BCUT2D eigenvalue weighted by atomic mass is 19.2. The number of hydrogen-bond donors (Lipinski definition) is 2. The number of anilines is 2. The minimum Gasteiger partial charge on any atom is -0.338 e. The fraction of sp³-hybridized carbons (Fsp3) is 0. The van der Waals surface area contributed by atoms with Crippen LogP contribution in [0.5, 0.6) is 0 Å². The topological polar surface area (TPSA) is 71.1 Å². The van der Waals surface area contributed by atoms with Gasteiger partial charge in [0.15, 0.2) is 17.5 Å². The number of nitrogens with one attached hydrogen (secondary N) is 2. The van der Waals surface area contributed by atoms with Gasteiger partial charge in [0, 0.05) is 11.8 Å². The molecule has 8 heteroatoms. The predicted octanol–water partition coefficient (Wildman–Crippen LogP) is 2.13. The number of aromatic nitrogens is 1. The molecule has 2 aromatic rings. The Labute approximate surface area is 115 Å². The Morgan fingerprint density at radius 3 is 2.43 bits per heavy atom. The average molecular weight is 293 g/mol. The number of nitrogens with zero attached hydrogens (tertiary/aromatic N) is 1. The highest BCUT2D eigenvalue weighted by Gasteiger charge is 2.26. The van der Waals surface area contributed by atoms with Gasteiger partial charge in [-0.05, 0) is 18.2 Å². The van der Waals surface area contributed by atoms with E-state index in [2.05, 4.69) is 15.6 Å². The van der Waals surface area contributed by atoms with Crippen molar-refractivity contribution in [3.05, 3.63) is 53.0 Å². The van der Waals surface area contributed by atoms with Gasteiger partial charge in [-0.25, -0.2) is 8.78 Å². The average Bonchev–Trinajstić information content (AvgIpc) is 2.71. The van der Waals surface area contributed by atoms with Crippen molar-refractivity contribution in [2.24, 2.45) is 0 Å². The first-order valence-electron chi connectivity index (χ1n) is 5.74. The monoisotopic (exact) mass is 293 g/mol. The molecule has 3 rings (SSSR count). The van der Waals surface area contributed by atoms with Gasteiger partial charge >= 0.3 is 0 Å². The van der Waals surface area contributed by atoms with Gasteiger partial charge in [-0.1, -0.05) is 0 Å². The first-order chi connectivity index (χ1) is 9.95. The number of carbonyl (C=O) groups is 2. The maximum atomic E-state index is 13.5. The van der Waals surface area contributed by atoms with Crippen LogP contribution < -0.4 is 10.6 Å². The quantitative estimate of drug-likeness (QED) is 0.657. The van der Waals surface area contributed by atoms with Crippen LogP contribution in [0.4, 0.5) is 24.7 Å². The van der Waals surface area contributed by atoms with E-state index in [1.165, 1.54) is 18.2 Å². The largest absolute Gasteiger partial charge is 0.338 e. The third-order valence-corrected chi connectivity index (χ3v) is 2.89. The minimum absolute atomic E-state index is 0.105. The van der Waals surface area contributed by atoms with Crippen LogP contribution in [0.25, 0.3) is 0 Å². The molecule has 5 nitrogen and oxygen atoms in total. The second-order valence-corrected chi connectivity index (χ2v) is 4.26. The molecule has 2 heterocycles. The number of rotatable bonds is 2. The summed E-state index contributed by atoms with van der Waals surface area (Å²) in [6, 6.07) is 4.39. The summed E-state index contributed by atoms with van der Waals surface area (Å²) in [5.41, 5.74) is 0.494. The number of amides is 2. The van der Waals surface area contributed by atoms with Crippen LogP contribution in [0.3, 0.4) is 0 Å². The lowest BCUT2D eigenvalue weighted by atomic mass is 10.1. The Morgan fingerprint density at radius 2 is 1.67 bits per heavy atom. The molecule has 21 heavy (non-hydrogen) atoms. The number of hydrogen-bond acceptors (Lipinski definition) is 4. The molecular formula is C13H6F3N3O2. The summed E-state index contributed by atoms with van der Waals surface area (Å²) in [4.78, 5) is 26.0. The first kappa shape index (κ1) is 13.1. The van der Waals surface area contributed by atoms with Crippen molar-refractivity contribution in [1.29, 1.82) is 0 Å². The Morgan fingerprint density at radius 1 is 0.952 bits per heavy atom. The molecule has 1 aliphatic heterocycles. The van der Waals surface area contributed by atoms with Crippen molar-refractivity contribution in [2.45, 2.75) is 0 Å². The maximum Gasteiger partial charge on any atom is 0.259 e. The second kappa shape index (κ2) is 4.58. The molecule has 0 unspecified atom stereocenters. The summed E-state index contributed by atoms with van der Waals surface area (Å²) in [6.45, 7) is 0. The number of benzene rings is 1. The molecule has 0 saturated carbocycles. The zero-order chi connectivity index (χ0) is 15.1. The highest BCUT2D eigenvalue weighted by molar-refractivity contribution is 6.21. The second-order valence-electron chi connectivity index (χ2n) is 4.26. The Bertz CT molecular complexity index is 792. The molecule has 0 aliphatic carbocycles. The van der Waals surface area contributed by atoms with Gasteiger partial charge in [0.1, 0.15) is 0 Å². The molecule has 2 N–H and O–H groups in total. The minimum atomic E-state index is -1.45. The summed E-state index contributed by atoms with van der Waals surface area (Å²) in [7, 11) is 0. The van der Waals surface area contributed by atoms with Crippen molar-refractivity contribution in [2.75, 3.05) is 5.32 Å². The summed E-state index contributed by atoms with van der Waals surface area (Å²) in [5.74, 6) is -5.59. The summed E-state index contributed by atoms with van der Waals surface area (Å²) < 4.78 is 39.2. The molecule has 2 amide bonds. The molecule has 0 saturated heterocycles. The summed E-state index contributed by atoms with van der Waals surface area (Å²) in [5, 5.41) is 4.52. The van der Waals surface area contributed by atoms with E-state index >= 15 is 0 Å². The third kappa shape index (κ3) is 2.20. The van der Waals surface area contributed by atoms with Gasteiger partial charge in [-0.2, -0.15) is 9.37 Å². The smallest absolute Gasteiger partial charge is 0.259 e. The lowest BCUT2D eigenvalue weighted by Crippen LogP contribution is -2.19. The van der Waals surface area contributed by atoms with Gasteiger partial charge < -0.3 is 5.32 Å². The standard InChI is InChI=1S/C13H6F3N3O2/c14-8-4-9(15)11(18-10(8)16)17-5-1-2-6-7(3-5)13(21)19-12(6)20/h1-4H,(H,17,18)(H,19,20,21). The zero-order valence-electron chi connectivity index (χ0n) is 10.2. The third-order valence-electron chi connectivity index (χ3n) is 2.89. The lowest BCUT2D eigenvalue weighted by molar-refractivity contribution is 0.0879. The first-order valence-corrected chi connectivity index (χ1v) is 5.74. The van der Waals surface area contributed by atoms with E-state index in [1.54, 1.807) is 0 Å². The molecule has 106 valence electrons. The molecular weight excluding hydrogens is 287 g/mol. The van der Waals surface area contributed by atoms with E-state index in [0.29, 0.717) is 6.07 Å². The molecule has 0 atom stereocenters. The molecule has 1 aromatic heterocycles. The van der Waals surface area contributed by atoms with Crippen molar-refractivity contribution >= 4 is 23.3 Å². The van der Waals surface area contributed by atoms with Crippen molar-refractivity contribution in [3.8, 4) is 0 Å². The van der Waals surface area contributed by atoms with Crippen molar-refractivity contribution in [1.82, 2.24) is 10.3 Å². The number of pyridine rings is 1. The van der Waals surface area contributed by atoms with E-state index in [1.807, 2.05) is 0 Å². The maximum absolute atomic E-state index is 13.5. The normalized spacial score (nSPS) is 13.1. The van der Waals surface area contributed by atoms with Gasteiger partial charge in [0.2, 0.25) is 0 Å². The highest BCUT2D eigenvalue weighted by Crippen LogP contribution is 2.24. The van der Waals surface area contributed by atoms with Crippen LogP contribution in [-0.4, -0.2) is 16.8 Å². The van der Waals surface area contributed by atoms with Crippen molar-refractivity contribution in [3.63, 3.8) is 0 Å². The van der Waals surface area contributed by atoms with E-state index in [-0.39, 0.29) is 16.8 Å². The SMILES string of the molecule is O=C1NC(=O)c2cc(Nc3nc(F)c(F)cc3F)ccc21. The Kier molecular flexibility index (Phi) is 2.86. The summed E-state index contributed by atoms with van der Waals surface area (Å²) in [6.07, 6.45) is 0. The van der Waals surface area contributed by atoms with Crippen LogP contribution in [0, 0.1) is 17.6 Å². The molecule has 1 aromatic carbocycles. The Balaban J connectivity index is 1.97. The van der Waals surface area contributed by atoms with E-state index in [0.717, 1.165) is 0 Å². The molecule has 1 aliphatic rings. The fourth-order valence-corrected chi connectivity index (χ4v) is 1.91. The summed E-state index contributed by atoms with van der Waals surface area (Å²) >= 11 is 0. The Hall–Kier alpha value is -2.90. The molecule has 0 radical (unpaired) electrons. The van der Waals surface area contributed by atoms with Gasteiger partial charge in [0.05, 0.1) is 11.1 Å². The van der Waals surface area contributed by atoms with Gasteiger partial charge in [-0.15, -0.1) is 0 Å². The van der Waals surface area contributed by atoms with Crippen LogP contribution >= 0.6 is 0 Å². The number of carbonyl (C=O) groups excluding carboxylic acids is 2. The van der Waals surface area contributed by atoms with Crippen LogP contribution in [0.1, 0.15) is 20.7 Å². The predicted molar refractivity (Wildman–Crippen MR) is 65.6 cm³/mol. The number of imide groups is 1. The number of halogens is 3. The van der Waals surface area contributed by atoms with Gasteiger partial charge in [0.25, 0.3) is 17.8 Å². The molecule has 0 spiro atoms. The van der Waals surface area contributed by atoms with E-state index in [4.69, 9.17) is 0 Å².